The second-order valence-electron chi connectivity index (χ2n) is 7.18. The van der Waals surface area contributed by atoms with Crippen LogP contribution in [-0.2, 0) is 11.4 Å². The third-order valence-corrected chi connectivity index (χ3v) is 6.55. The number of methoxy groups -OCH3 is 1. The number of benzene rings is 3. The molecule has 1 aliphatic heterocycles. The first-order chi connectivity index (χ1) is 16.8. The molecule has 3 aromatic carbocycles. The lowest BCUT2D eigenvalue weighted by molar-refractivity contribution is -0.384. The van der Waals surface area contributed by atoms with Crippen LogP contribution in [0.2, 0.25) is 10.0 Å². The number of carbonyl (C=O) groups is 1. The normalized spacial score (nSPS) is 15.3. The number of halogens is 2. The van der Waals surface area contributed by atoms with Crippen LogP contribution in [0.25, 0.3) is 6.08 Å². The standard InChI is InChI=1S/C24H17Cl2N3O5S/c1-33-20-11-15(7-10-19(20)34-13-14-5-8-16(9-6-14)29(31)32)12-21-23(30)28-24(35-21)27-18-4-2-3-17(25)22(18)26/h2-12H,13H2,1H3,(H,27,28,30)/b21-12-. The molecule has 35 heavy (non-hydrogen) atoms. The number of hydrogen-bond acceptors (Lipinski definition) is 7. The molecule has 0 atom stereocenters. The van der Waals surface area contributed by atoms with Crippen LogP contribution < -0.4 is 14.8 Å². The third-order valence-electron chi connectivity index (χ3n) is 4.83. The van der Waals surface area contributed by atoms with Gasteiger partial charge in [-0.2, -0.15) is 0 Å². The highest BCUT2D eigenvalue weighted by Gasteiger charge is 2.24. The second kappa shape index (κ2) is 10.8. The van der Waals surface area contributed by atoms with Crippen molar-refractivity contribution in [1.82, 2.24) is 5.32 Å². The van der Waals surface area contributed by atoms with Crippen molar-refractivity contribution >= 4 is 63.5 Å². The Bertz CT molecular complexity index is 1360. The number of nitrogens with one attached hydrogen (secondary N) is 1. The summed E-state index contributed by atoms with van der Waals surface area (Å²) in [5.74, 6) is 0.683. The van der Waals surface area contributed by atoms with Crippen molar-refractivity contribution in [3.8, 4) is 11.5 Å². The maximum Gasteiger partial charge on any atom is 0.269 e. The van der Waals surface area contributed by atoms with Gasteiger partial charge in [-0.15, -0.1) is 0 Å². The van der Waals surface area contributed by atoms with Crippen LogP contribution >= 0.6 is 35.0 Å². The van der Waals surface area contributed by atoms with Gasteiger partial charge in [-0.3, -0.25) is 14.9 Å². The number of carbonyl (C=O) groups excluding carboxylic acids is 1. The Morgan fingerprint density at radius 3 is 2.60 bits per heavy atom. The third kappa shape index (κ3) is 5.94. The number of nitro benzene ring substituents is 1. The molecule has 0 radical (unpaired) electrons. The minimum Gasteiger partial charge on any atom is -0.493 e. The van der Waals surface area contributed by atoms with Gasteiger partial charge in [0.2, 0.25) is 0 Å². The van der Waals surface area contributed by atoms with Crippen LogP contribution in [0.3, 0.4) is 0 Å². The Morgan fingerprint density at radius 2 is 1.89 bits per heavy atom. The Morgan fingerprint density at radius 1 is 1.11 bits per heavy atom. The van der Waals surface area contributed by atoms with Gasteiger partial charge in [0.05, 0.1) is 32.7 Å². The van der Waals surface area contributed by atoms with Gasteiger partial charge < -0.3 is 14.8 Å². The molecule has 3 aromatic rings. The van der Waals surface area contributed by atoms with E-state index in [1.165, 1.54) is 31.0 Å². The highest BCUT2D eigenvalue weighted by molar-refractivity contribution is 8.18. The van der Waals surface area contributed by atoms with Gasteiger partial charge >= 0.3 is 0 Å². The van der Waals surface area contributed by atoms with Gasteiger partial charge in [-0.25, -0.2) is 4.99 Å². The molecule has 0 aromatic heterocycles. The molecule has 1 aliphatic rings. The van der Waals surface area contributed by atoms with E-state index < -0.39 is 4.92 Å². The van der Waals surface area contributed by atoms with Crippen molar-refractivity contribution in [2.24, 2.45) is 4.99 Å². The molecule has 1 heterocycles. The van der Waals surface area contributed by atoms with Crippen molar-refractivity contribution in [1.29, 1.82) is 0 Å². The van der Waals surface area contributed by atoms with Gasteiger partial charge in [0.25, 0.3) is 11.6 Å². The number of nitro groups is 1. The summed E-state index contributed by atoms with van der Waals surface area (Å²) >= 11 is 13.4. The van der Waals surface area contributed by atoms with Crippen molar-refractivity contribution in [3.05, 3.63) is 96.9 Å². The molecule has 1 amide bonds. The SMILES string of the molecule is COc1cc(/C=C2\SC(=Nc3cccc(Cl)c3Cl)NC2=O)ccc1OCc1ccc([N+](=O)[O-])cc1. The van der Waals surface area contributed by atoms with Gasteiger partial charge in [0, 0.05) is 12.1 Å². The fourth-order valence-electron chi connectivity index (χ4n) is 3.09. The van der Waals surface area contributed by atoms with E-state index in [1.807, 2.05) is 0 Å². The smallest absolute Gasteiger partial charge is 0.269 e. The van der Waals surface area contributed by atoms with Crippen molar-refractivity contribution < 1.29 is 19.2 Å². The first kappa shape index (κ1) is 24.6. The Balaban J connectivity index is 1.48. The number of amides is 1. The zero-order valence-corrected chi connectivity index (χ0v) is 20.5. The van der Waals surface area contributed by atoms with Gasteiger partial charge in [0.15, 0.2) is 16.7 Å². The van der Waals surface area contributed by atoms with E-state index in [-0.39, 0.29) is 18.2 Å². The first-order valence-corrected chi connectivity index (χ1v) is 11.7. The Kier molecular flexibility index (Phi) is 7.60. The number of aliphatic imine (C=N–C) groups is 1. The summed E-state index contributed by atoms with van der Waals surface area (Å²) in [4.78, 5) is 27.6. The molecule has 8 nitrogen and oxygen atoms in total. The van der Waals surface area contributed by atoms with Crippen molar-refractivity contribution in [2.75, 3.05) is 7.11 Å². The number of ether oxygens (including phenoxy) is 2. The van der Waals surface area contributed by atoms with Crippen LogP contribution in [0, 0.1) is 10.1 Å². The Labute approximate surface area is 214 Å². The number of rotatable bonds is 7. The number of amidine groups is 1. The maximum absolute atomic E-state index is 12.4. The molecule has 4 rings (SSSR count). The molecule has 0 spiro atoms. The molecule has 0 aliphatic carbocycles. The average molecular weight is 530 g/mol. The molecular weight excluding hydrogens is 513 g/mol. The predicted molar refractivity (Wildman–Crippen MR) is 138 cm³/mol. The molecule has 1 N–H and O–H groups in total. The van der Waals surface area contributed by atoms with E-state index in [1.54, 1.807) is 54.6 Å². The summed E-state index contributed by atoms with van der Waals surface area (Å²) in [6, 6.07) is 16.5. The van der Waals surface area contributed by atoms with Gasteiger partial charge in [-0.05, 0) is 65.4 Å². The van der Waals surface area contributed by atoms with Crippen LogP contribution in [0.15, 0.2) is 70.6 Å². The van der Waals surface area contributed by atoms with Crippen LogP contribution in [-0.4, -0.2) is 23.1 Å². The lowest BCUT2D eigenvalue weighted by Gasteiger charge is -2.11. The molecule has 11 heteroatoms. The van der Waals surface area contributed by atoms with Crippen LogP contribution in [0.5, 0.6) is 11.5 Å². The molecule has 178 valence electrons. The van der Waals surface area contributed by atoms with Crippen molar-refractivity contribution in [2.45, 2.75) is 6.61 Å². The van der Waals surface area contributed by atoms with E-state index in [4.69, 9.17) is 32.7 Å². The minimum atomic E-state index is -0.453. The second-order valence-corrected chi connectivity index (χ2v) is 8.99. The van der Waals surface area contributed by atoms with Crippen molar-refractivity contribution in [3.63, 3.8) is 0 Å². The van der Waals surface area contributed by atoms with Gasteiger partial charge in [0.1, 0.15) is 6.61 Å². The molecule has 0 unspecified atom stereocenters. The summed E-state index contributed by atoms with van der Waals surface area (Å²) in [5.41, 5.74) is 1.97. The molecule has 0 bridgehead atoms. The monoisotopic (exact) mass is 529 g/mol. The van der Waals surface area contributed by atoms with E-state index in [0.717, 1.165) is 11.1 Å². The topological polar surface area (TPSA) is 103 Å². The molecule has 0 saturated carbocycles. The van der Waals surface area contributed by atoms with E-state index in [0.29, 0.717) is 37.3 Å². The van der Waals surface area contributed by atoms with E-state index in [9.17, 15) is 14.9 Å². The van der Waals surface area contributed by atoms with Crippen LogP contribution in [0.1, 0.15) is 11.1 Å². The zero-order chi connectivity index (χ0) is 24.9. The number of non-ortho nitro benzene ring substituents is 1. The zero-order valence-electron chi connectivity index (χ0n) is 18.2. The largest absolute Gasteiger partial charge is 0.493 e. The number of nitrogens with zero attached hydrogens (tertiary/aromatic N) is 2. The van der Waals surface area contributed by atoms with E-state index >= 15 is 0 Å². The average Bonchev–Trinajstić information content (AvgIpc) is 3.19. The quantitative estimate of drug-likeness (QED) is 0.216. The molecule has 1 fully saturated rings. The summed E-state index contributed by atoms with van der Waals surface area (Å²) < 4.78 is 11.3. The minimum absolute atomic E-state index is 0.0152. The van der Waals surface area contributed by atoms with E-state index in [2.05, 4.69) is 10.3 Å². The number of thioether (sulfide) groups is 1. The molecule has 1 saturated heterocycles. The lowest BCUT2D eigenvalue weighted by atomic mass is 10.2. The first-order valence-electron chi connectivity index (χ1n) is 10.1. The number of hydrogen-bond donors (Lipinski definition) is 1. The highest BCUT2D eigenvalue weighted by atomic mass is 35.5. The summed E-state index contributed by atoms with van der Waals surface area (Å²) in [5, 5.41) is 14.6. The Hall–Kier alpha value is -3.53. The molecular formula is C24H17Cl2N3O5S. The summed E-state index contributed by atoms with van der Waals surface area (Å²) in [7, 11) is 1.52. The highest BCUT2D eigenvalue weighted by Crippen LogP contribution is 2.35. The van der Waals surface area contributed by atoms with Crippen LogP contribution in [0.4, 0.5) is 11.4 Å². The fourth-order valence-corrected chi connectivity index (χ4v) is 4.26. The predicted octanol–water partition coefficient (Wildman–Crippen LogP) is 6.38. The van der Waals surface area contributed by atoms with Gasteiger partial charge in [-0.1, -0.05) is 35.3 Å². The maximum atomic E-state index is 12.4. The lowest BCUT2D eigenvalue weighted by Crippen LogP contribution is -2.19. The fraction of sp³-hybridized carbons (Fsp3) is 0.0833. The summed E-state index contributed by atoms with van der Waals surface area (Å²) in [6.07, 6.45) is 1.71. The summed E-state index contributed by atoms with van der Waals surface area (Å²) in [6.45, 7) is 0.207.